The minimum absolute atomic E-state index is 0.392. The Morgan fingerprint density at radius 2 is 1.89 bits per heavy atom. The van der Waals surface area contributed by atoms with Crippen LogP contribution in [0.3, 0.4) is 0 Å². The van der Waals surface area contributed by atoms with Crippen molar-refractivity contribution in [1.82, 2.24) is 14.7 Å². The van der Waals surface area contributed by atoms with Crippen LogP contribution in [0, 0.1) is 0 Å². The lowest BCUT2D eigenvalue weighted by Gasteiger charge is -2.29. The summed E-state index contributed by atoms with van der Waals surface area (Å²) in [6.07, 6.45) is 6.28. The molecular formula is C15H20N4. The van der Waals surface area contributed by atoms with E-state index >= 15 is 0 Å². The molecule has 0 radical (unpaired) electrons. The largest absolute Gasteiger partial charge is 0.328 e. The molecule has 3 rings (SSSR count). The van der Waals surface area contributed by atoms with E-state index in [-0.39, 0.29) is 0 Å². The van der Waals surface area contributed by atoms with Crippen LogP contribution < -0.4 is 5.73 Å². The standard InChI is InChI=1S/C15H20N4/c16-14-6-8-18(9-7-14)11-13-10-17-19(12-13)15-4-2-1-3-5-15/h1-5,10,12,14H,6-9,11,16H2. The molecule has 4 nitrogen and oxygen atoms in total. The smallest absolute Gasteiger partial charge is 0.0645 e. The van der Waals surface area contributed by atoms with Crippen molar-refractivity contribution in [2.45, 2.75) is 25.4 Å². The number of hydrogen-bond acceptors (Lipinski definition) is 3. The van der Waals surface area contributed by atoms with Crippen LogP contribution in [0.5, 0.6) is 0 Å². The van der Waals surface area contributed by atoms with Gasteiger partial charge in [-0.3, -0.25) is 4.90 Å². The van der Waals surface area contributed by atoms with Crippen molar-refractivity contribution in [3.63, 3.8) is 0 Å². The van der Waals surface area contributed by atoms with Gasteiger partial charge in [0.05, 0.1) is 11.9 Å². The van der Waals surface area contributed by atoms with Gasteiger partial charge in [-0.05, 0) is 38.1 Å². The molecule has 0 spiro atoms. The van der Waals surface area contributed by atoms with Crippen molar-refractivity contribution in [2.75, 3.05) is 13.1 Å². The highest BCUT2D eigenvalue weighted by atomic mass is 15.3. The van der Waals surface area contributed by atoms with Crippen molar-refractivity contribution < 1.29 is 0 Å². The van der Waals surface area contributed by atoms with E-state index in [9.17, 15) is 0 Å². The van der Waals surface area contributed by atoms with Gasteiger partial charge in [0, 0.05) is 24.3 Å². The van der Waals surface area contributed by atoms with Gasteiger partial charge in [-0.15, -0.1) is 0 Å². The highest BCUT2D eigenvalue weighted by Crippen LogP contribution is 2.13. The van der Waals surface area contributed by atoms with Crippen LogP contribution in [0.2, 0.25) is 0 Å². The van der Waals surface area contributed by atoms with E-state index in [0.717, 1.165) is 38.2 Å². The Hall–Kier alpha value is -1.65. The number of rotatable bonds is 3. The lowest BCUT2D eigenvalue weighted by atomic mass is 10.1. The molecule has 1 aromatic heterocycles. The molecule has 0 aliphatic carbocycles. The van der Waals surface area contributed by atoms with E-state index in [1.165, 1.54) is 5.56 Å². The fourth-order valence-corrected chi connectivity index (χ4v) is 2.53. The molecule has 1 aromatic carbocycles. The first-order valence-corrected chi connectivity index (χ1v) is 6.88. The summed E-state index contributed by atoms with van der Waals surface area (Å²) in [4.78, 5) is 2.45. The molecule has 2 heterocycles. The molecule has 0 atom stereocenters. The Morgan fingerprint density at radius 3 is 2.63 bits per heavy atom. The first kappa shape index (κ1) is 12.4. The van der Waals surface area contributed by atoms with E-state index in [1.807, 2.05) is 29.1 Å². The van der Waals surface area contributed by atoms with E-state index in [1.54, 1.807) is 0 Å². The van der Waals surface area contributed by atoms with Crippen LogP contribution in [0.4, 0.5) is 0 Å². The maximum absolute atomic E-state index is 5.93. The van der Waals surface area contributed by atoms with Crippen LogP contribution in [-0.4, -0.2) is 33.8 Å². The van der Waals surface area contributed by atoms with Crippen LogP contribution in [-0.2, 0) is 6.54 Å². The highest BCUT2D eigenvalue weighted by Gasteiger charge is 2.16. The van der Waals surface area contributed by atoms with Crippen molar-refractivity contribution in [3.05, 3.63) is 48.3 Å². The monoisotopic (exact) mass is 256 g/mol. The quantitative estimate of drug-likeness (QED) is 0.911. The summed E-state index contributed by atoms with van der Waals surface area (Å²) in [7, 11) is 0. The van der Waals surface area contributed by atoms with E-state index in [0.29, 0.717) is 6.04 Å². The average Bonchev–Trinajstić information content (AvgIpc) is 2.91. The summed E-state index contributed by atoms with van der Waals surface area (Å²) >= 11 is 0. The lowest BCUT2D eigenvalue weighted by molar-refractivity contribution is 0.205. The van der Waals surface area contributed by atoms with Gasteiger partial charge in [0.2, 0.25) is 0 Å². The molecule has 0 unspecified atom stereocenters. The zero-order chi connectivity index (χ0) is 13.1. The second-order valence-corrected chi connectivity index (χ2v) is 5.24. The van der Waals surface area contributed by atoms with Crippen LogP contribution in [0.1, 0.15) is 18.4 Å². The zero-order valence-corrected chi connectivity index (χ0v) is 11.1. The molecule has 0 amide bonds. The summed E-state index contributed by atoms with van der Waals surface area (Å²) in [5.74, 6) is 0. The molecule has 1 aliphatic rings. The van der Waals surface area contributed by atoms with E-state index < -0.39 is 0 Å². The first-order valence-electron chi connectivity index (χ1n) is 6.88. The van der Waals surface area contributed by atoms with E-state index in [2.05, 4.69) is 28.3 Å². The third-order valence-corrected chi connectivity index (χ3v) is 3.70. The van der Waals surface area contributed by atoms with Gasteiger partial charge in [0.15, 0.2) is 0 Å². The summed E-state index contributed by atoms with van der Waals surface area (Å²) in [6.45, 7) is 3.16. The molecule has 1 fully saturated rings. The average molecular weight is 256 g/mol. The van der Waals surface area contributed by atoms with Gasteiger partial charge in [0.1, 0.15) is 0 Å². The molecule has 4 heteroatoms. The number of aromatic nitrogens is 2. The van der Waals surface area contributed by atoms with Gasteiger partial charge in [-0.2, -0.15) is 5.10 Å². The minimum Gasteiger partial charge on any atom is -0.328 e. The van der Waals surface area contributed by atoms with Crippen molar-refractivity contribution >= 4 is 0 Å². The maximum atomic E-state index is 5.93. The van der Waals surface area contributed by atoms with Gasteiger partial charge in [-0.1, -0.05) is 18.2 Å². The molecule has 1 saturated heterocycles. The SMILES string of the molecule is NC1CCN(Cc2cnn(-c3ccccc3)c2)CC1. The molecule has 0 saturated carbocycles. The third-order valence-electron chi connectivity index (χ3n) is 3.70. The number of para-hydroxylation sites is 1. The van der Waals surface area contributed by atoms with Crippen LogP contribution in [0.25, 0.3) is 5.69 Å². The van der Waals surface area contributed by atoms with Crippen molar-refractivity contribution in [1.29, 1.82) is 0 Å². The number of benzene rings is 1. The molecule has 19 heavy (non-hydrogen) atoms. The van der Waals surface area contributed by atoms with Gasteiger partial charge < -0.3 is 5.73 Å². The Labute approximate surface area is 113 Å². The molecule has 0 bridgehead atoms. The summed E-state index contributed by atoms with van der Waals surface area (Å²) in [6, 6.07) is 10.6. The van der Waals surface area contributed by atoms with Crippen LogP contribution >= 0.6 is 0 Å². The predicted molar refractivity (Wildman–Crippen MR) is 76.1 cm³/mol. The van der Waals surface area contributed by atoms with Gasteiger partial charge >= 0.3 is 0 Å². The first-order chi connectivity index (χ1) is 9.31. The summed E-state index contributed by atoms with van der Waals surface area (Å²) in [5.41, 5.74) is 8.30. The van der Waals surface area contributed by atoms with Gasteiger partial charge in [-0.25, -0.2) is 4.68 Å². The number of piperidine rings is 1. The van der Waals surface area contributed by atoms with Gasteiger partial charge in [0.25, 0.3) is 0 Å². The topological polar surface area (TPSA) is 47.1 Å². The molecule has 2 N–H and O–H groups in total. The Morgan fingerprint density at radius 1 is 1.16 bits per heavy atom. The van der Waals surface area contributed by atoms with E-state index in [4.69, 9.17) is 5.73 Å². The lowest BCUT2D eigenvalue weighted by Crippen LogP contribution is -2.39. The van der Waals surface area contributed by atoms with Crippen molar-refractivity contribution in [3.8, 4) is 5.69 Å². The minimum atomic E-state index is 0.392. The molecule has 100 valence electrons. The van der Waals surface area contributed by atoms with Crippen molar-refractivity contribution in [2.24, 2.45) is 5.73 Å². The zero-order valence-electron chi connectivity index (χ0n) is 11.1. The fourth-order valence-electron chi connectivity index (χ4n) is 2.53. The molecule has 1 aliphatic heterocycles. The Bertz CT molecular complexity index is 512. The fraction of sp³-hybridized carbons (Fsp3) is 0.400. The maximum Gasteiger partial charge on any atom is 0.0645 e. The Balaban J connectivity index is 1.65. The Kier molecular flexibility index (Phi) is 3.62. The summed E-state index contributed by atoms with van der Waals surface area (Å²) < 4.78 is 1.94. The third kappa shape index (κ3) is 3.03. The molecular weight excluding hydrogens is 236 g/mol. The number of likely N-dealkylation sites (tertiary alicyclic amines) is 1. The number of hydrogen-bond donors (Lipinski definition) is 1. The number of nitrogens with two attached hydrogens (primary N) is 1. The predicted octanol–water partition coefficient (Wildman–Crippen LogP) is 1.80. The second-order valence-electron chi connectivity index (χ2n) is 5.24. The normalized spacial score (nSPS) is 17.7. The molecule has 2 aromatic rings. The highest BCUT2D eigenvalue weighted by molar-refractivity contribution is 5.30. The second kappa shape index (κ2) is 5.55. The summed E-state index contributed by atoms with van der Waals surface area (Å²) in [5, 5.41) is 4.43. The van der Waals surface area contributed by atoms with Crippen LogP contribution in [0.15, 0.2) is 42.7 Å². The number of nitrogens with zero attached hydrogens (tertiary/aromatic N) is 3.